The molecular formula is C16H23NO. The first-order chi connectivity index (χ1) is 8.63. The van der Waals surface area contributed by atoms with Crippen molar-refractivity contribution >= 4 is 5.91 Å². The van der Waals surface area contributed by atoms with Crippen LogP contribution in [-0.4, -0.2) is 12.5 Å². The van der Waals surface area contributed by atoms with E-state index >= 15 is 0 Å². The minimum absolute atomic E-state index is 0.0489. The Morgan fingerprint density at radius 3 is 2.56 bits per heavy atom. The number of carbonyl (C=O) groups is 1. The third-order valence-electron chi connectivity index (χ3n) is 4.13. The number of benzene rings is 1. The van der Waals surface area contributed by atoms with Crippen LogP contribution < -0.4 is 5.32 Å². The molecule has 1 saturated carbocycles. The lowest BCUT2D eigenvalue weighted by Gasteiger charge is -2.17. The first-order valence-electron chi connectivity index (χ1n) is 7.02. The van der Waals surface area contributed by atoms with Crippen molar-refractivity contribution in [2.45, 2.75) is 51.9 Å². The van der Waals surface area contributed by atoms with Crippen molar-refractivity contribution < 1.29 is 4.79 Å². The molecule has 0 heterocycles. The summed E-state index contributed by atoms with van der Waals surface area (Å²) in [5.74, 6) is 0.0489. The molecule has 1 aliphatic rings. The minimum Gasteiger partial charge on any atom is -0.352 e. The van der Waals surface area contributed by atoms with Crippen molar-refractivity contribution in [2.75, 3.05) is 6.54 Å². The van der Waals surface area contributed by atoms with E-state index in [1.807, 2.05) is 12.1 Å². The summed E-state index contributed by atoms with van der Waals surface area (Å²) in [6.45, 7) is 7.20. The average Bonchev–Trinajstić information content (AvgIpc) is 3.16. The molecule has 1 aliphatic carbocycles. The second-order valence-corrected chi connectivity index (χ2v) is 5.42. The SMILES string of the molecule is CCCNC(=O)c1ccc(C2(CC)CC2)c(C)c1. The molecule has 0 radical (unpaired) electrons. The van der Waals surface area contributed by atoms with Gasteiger partial charge in [0.25, 0.3) is 5.91 Å². The van der Waals surface area contributed by atoms with Crippen LogP contribution in [0.25, 0.3) is 0 Å². The highest BCUT2D eigenvalue weighted by molar-refractivity contribution is 5.94. The zero-order chi connectivity index (χ0) is 13.2. The van der Waals surface area contributed by atoms with Crippen molar-refractivity contribution in [3.63, 3.8) is 0 Å². The monoisotopic (exact) mass is 245 g/mol. The van der Waals surface area contributed by atoms with E-state index in [0.717, 1.165) is 18.5 Å². The first-order valence-corrected chi connectivity index (χ1v) is 7.02. The summed E-state index contributed by atoms with van der Waals surface area (Å²) in [6.07, 6.45) is 4.77. The van der Waals surface area contributed by atoms with Crippen LogP contribution in [0, 0.1) is 6.92 Å². The second kappa shape index (κ2) is 5.13. The first kappa shape index (κ1) is 13.1. The van der Waals surface area contributed by atoms with Crippen LogP contribution in [0.1, 0.15) is 61.0 Å². The summed E-state index contributed by atoms with van der Waals surface area (Å²) in [6, 6.07) is 6.17. The Labute approximate surface area is 110 Å². The van der Waals surface area contributed by atoms with Gasteiger partial charge in [0.15, 0.2) is 0 Å². The molecule has 0 unspecified atom stereocenters. The molecule has 2 rings (SSSR count). The van der Waals surface area contributed by atoms with E-state index < -0.39 is 0 Å². The van der Waals surface area contributed by atoms with Crippen LogP contribution in [0.15, 0.2) is 18.2 Å². The van der Waals surface area contributed by atoms with Gasteiger partial charge in [-0.25, -0.2) is 0 Å². The number of hydrogen-bond donors (Lipinski definition) is 1. The zero-order valence-electron chi connectivity index (χ0n) is 11.7. The smallest absolute Gasteiger partial charge is 0.251 e. The Hall–Kier alpha value is -1.31. The molecule has 0 aromatic heterocycles. The fourth-order valence-electron chi connectivity index (χ4n) is 2.70. The number of carbonyl (C=O) groups excluding carboxylic acids is 1. The Bertz CT molecular complexity index is 446. The standard InChI is InChI=1S/C16H23NO/c1-4-10-17-15(18)13-6-7-14(12(3)11-13)16(5-2)8-9-16/h6-7,11H,4-5,8-10H2,1-3H3,(H,17,18). The lowest BCUT2D eigenvalue weighted by atomic mass is 9.88. The molecule has 0 bridgehead atoms. The van der Waals surface area contributed by atoms with Gasteiger partial charge in [-0.1, -0.05) is 19.9 Å². The molecule has 0 aliphatic heterocycles. The second-order valence-electron chi connectivity index (χ2n) is 5.42. The van der Waals surface area contributed by atoms with Crippen LogP contribution in [-0.2, 0) is 5.41 Å². The number of rotatable bonds is 5. The van der Waals surface area contributed by atoms with Crippen molar-refractivity contribution in [1.82, 2.24) is 5.32 Å². The van der Waals surface area contributed by atoms with Crippen LogP contribution in [0.5, 0.6) is 0 Å². The van der Waals surface area contributed by atoms with Crippen molar-refractivity contribution in [1.29, 1.82) is 0 Å². The van der Waals surface area contributed by atoms with E-state index in [-0.39, 0.29) is 5.91 Å². The molecular weight excluding hydrogens is 222 g/mol. The largest absolute Gasteiger partial charge is 0.352 e. The van der Waals surface area contributed by atoms with Gasteiger partial charge in [0.05, 0.1) is 0 Å². The third kappa shape index (κ3) is 2.43. The molecule has 0 atom stereocenters. The van der Waals surface area contributed by atoms with E-state index in [1.54, 1.807) is 0 Å². The average molecular weight is 245 g/mol. The van der Waals surface area contributed by atoms with E-state index in [2.05, 4.69) is 32.2 Å². The normalized spacial score (nSPS) is 16.4. The van der Waals surface area contributed by atoms with Crippen LogP contribution in [0.4, 0.5) is 0 Å². The molecule has 2 nitrogen and oxygen atoms in total. The quantitative estimate of drug-likeness (QED) is 0.844. The molecule has 1 N–H and O–H groups in total. The van der Waals surface area contributed by atoms with Crippen molar-refractivity contribution in [3.8, 4) is 0 Å². The van der Waals surface area contributed by atoms with E-state index in [0.29, 0.717) is 5.41 Å². The molecule has 98 valence electrons. The summed E-state index contributed by atoms with van der Waals surface area (Å²) in [5, 5.41) is 2.92. The predicted octanol–water partition coefficient (Wildman–Crippen LogP) is 3.58. The fraction of sp³-hybridized carbons (Fsp3) is 0.562. The maximum absolute atomic E-state index is 11.9. The van der Waals surface area contributed by atoms with Gasteiger partial charge in [-0.2, -0.15) is 0 Å². The highest BCUT2D eigenvalue weighted by atomic mass is 16.1. The predicted molar refractivity (Wildman–Crippen MR) is 75.0 cm³/mol. The highest BCUT2D eigenvalue weighted by Crippen LogP contribution is 2.51. The third-order valence-corrected chi connectivity index (χ3v) is 4.13. The Morgan fingerprint density at radius 2 is 2.06 bits per heavy atom. The van der Waals surface area contributed by atoms with Crippen LogP contribution >= 0.6 is 0 Å². The summed E-state index contributed by atoms with van der Waals surface area (Å²) >= 11 is 0. The topological polar surface area (TPSA) is 29.1 Å². The number of nitrogens with one attached hydrogen (secondary N) is 1. The Morgan fingerprint density at radius 1 is 1.33 bits per heavy atom. The zero-order valence-corrected chi connectivity index (χ0v) is 11.7. The molecule has 2 heteroatoms. The number of amides is 1. The molecule has 1 aromatic carbocycles. The Balaban J connectivity index is 2.17. The van der Waals surface area contributed by atoms with Crippen LogP contribution in [0.3, 0.4) is 0 Å². The van der Waals surface area contributed by atoms with Crippen LogP contribution in [0.2, 0.25) is 0 Å². The van der Waals surface area contributed by atoms with Gasteiger partial charge in [0.1, 0.15) is 0 Å². The number of aryl methyl sites for hydroxylation is 1. The molecule has 1 fully saturated rings. The minimum atomic E-state index is 0.0489. The van der Waals surface area contributed by atoms with E-state index in [1.165, 1.54) is 30.4 Å². The molecule has 18 heavy (non-hydrogen) atoms. The summed E-state index contributed by atoms with van der Waals surface area (Å²) in [7, 11) is 0. The van der Waals surface area contributed by atoms with E-state index in [4.69, 9.17) is 0 Å². The van der Waals surface area contributed by atoms with Gasteiger partial charge in [0, 0.05) is 12.1 Å². The van der Waals surface area contributed by atoms with Gasteiger partial charge in [0.2, 0.25) is 0 Å². The van der Waals surface area contributed by atoms with Gasteiger partial charge < -0.3 is 5.32 Å². The highest BCUT2D eigenvalue weighted by Gasteiger charge is 2.43. The van der Waals surface area contributed by atoms with Gasteiger partial charge in [-0.05, 0) is 61.3 Å². The summed E-state index contributed by atoms with van der Waals surface area (Å²) in [4.78, 5) is 11.9. The lowest BCUT2D eigenvalue weighted by Crippen LogP contribution is -2.24. The molecule has 1 aromatic rings. The van der Waals surface area contributed by atoms with Gasteiger partial charge in [-0.3, -0.25) is 4.79 Å². The lowest BCUT2D eigenvalue weighted by molar-refractivity contribution is 0.0953. The van der Waals surface area contributed by atoms with E-state index in [9.17, 15) is 4.79 Å². The molecule has 0 spiro atoms. The maximum atomic E-state index is 11.9. The molecule has 0 saturated heterocycles. The summed E-state index contributed by atoms with van der Waals surface area (Å²) < 4.78 is 0. The fourth-order valence-corrected chi connectivity index (χ4v) is 2.70. The van der Waals surface area contributed by atoms with Gasteiger partial charge >= 0.3 is 0 Å². The maximum Gasteiger partial charge on any atom is 0.251 e. The molecule has 1 amide bonds. The van der Waals surface area contributed by atoms with Gasteiger partial charge in [-0.15, -0.1) is 0 Å². The Kier molecular flexibility index (Phi) is 3.74. The van der Waals surface area contributed by atoms with Crippen molar-refractivity contribution in [2.24, 2.45) is 0 Å². The number of hydrogen-bond acceptors (Lipinski definition) is 1. The summed E-state index contributed by atoms with van der Waals surface area (Å²) in [5.41, 5.74) is 3.91. The van der Waals surface area contributed by atoms with Crippen molar-refractivity contribution in [3.05, 3.63) is 34.9 Å².